The van der Waals surface area contributed by atoms with Crippen LogP contribution in [0.25, 0.3) is 0 Å². The summed E-state index contributed by atoms with van der Waals surface area (Å²) in [5, 5.41) is 7.55. The summed E-state index contributed by atoms with van der Waals surface area (Å²) in [5.41, 5.74) is 2.07. The molecular weight excluding hydrogens is 406 g/mol. The van der Waals surface area contributed by atoms with Crippen LogP contribution in [-0.4, -0.2) is 82.9 Å². The molecule has 0 radical (unpaired) electrons. The van der Waals surface area contributed by atoms with Gasteiger partial charge in [0.2, 0.25) is 11.8 Å². The molecule has 1 unspecified atom stereocenters. The standard InChI is InChI=1S/C24H39N5O3/c1-18-16-19(2)29(26-18)12-7-23(30)25-10-13-28(21-8-14-32-15-9-21)22-4-3-11-27(17-22)24(31)20-5-6-20/h16,20-22H,3-15,17H2,1-2H3,(H,25,30). The van der Waals surface area contributed by atoms with Crippen LogP contribution in [0, 0.1) is 19.8 Å². The predicted octanol–water partition coefficient (Wildman–Crippen LogP) is 1.89. The third-order valence-corrected chi connectivity index (χ3v) is 7.11. The van der Waals surface area contributed by atoms with Crippen molar-refractivity contribution in [3.63, 3.8) is 0 Å². The zero-order chi connectivity index (χ0) is 22.5. The van der Waals surface area contributed by atoms with Crippen LogP contribution in [0.5, 0.6) is 0 Å². The molecule has 1 aliphatic carbocycles. The Labute approximate surface area is 191 Å². The van der Waals surface area contributed by atoms with Crippen LogP contribution in [0.2, 0.25) is 0 Å². The lowest BCUT2D eigenvalue weighted by Gasteiger charge is -2.44. The summed E-state index contributed by atoms with van der Waals surface area (Å²) in [6, 6.07) is 2.88. The van der Waals surface area contributed by atoms with E-state index in [2.05, 4.69) is 20.2 Å². The second-order valence-electron chi connectivity index (χ2n) is 9.69. The topological polar surface area (TPSA) is 79.7 Å². The van der Waals surface area contributed by atoms with E-state index in [1.54, 1.807) is 0 Å². The van der Waals surface area contributed by atoms with Gasteiger partial charge >= 0.3 is 0 Å². The molecule has 2 saturated heterocycles. The van der Waals surface area contributed by atoms with Crippen LogP contribution in [-0.2, 0) is 20.9 Å². The van der Waals surface area contributed by atoms with Gasteiger partial charge in [-0.05, 0) is 58.4 Å². The number of likely N-dealkylation sites (tertiary alicyclic amines) is 1. The van der Waals surface area contributed by atoms with E-state index < -0.39 is 0 Å². The smallest absolute Gasteiger partial charge is 0.225 e. The Bertz CT molecular complexity index is 785. The van der Waals surface area contributed by atoms with Gasteiger partial charge in [-0.25, -0.2) is 0 Å². The fourth-order valence-electron chi connectivity index (χ4n) is 5.22. The van der Waals surface area contributed by atoms with Crippen LogP contribution in [0.15, 0.2) is 6.07 Å². The number of nitrogens with one attached hydrogen (secondary N) is 1. The average molecular weight is 446 g/mol. The molecule has 4 rings (SSSR count). The first-order valence-corrected chi connectivity index (χ1v) is 12.4. The summed E-state index contributed by atoms with van der Waals surface area (Å²) >= 11 is 0. The Morgan fingerprint density at radius 3 is 2.62 bits per heavy atom. The van der Waals surface area contributed by atoms with Crippen molar-refractivity contribution in [3.05, 3.63) is 17.5 Å². The number of carbonyl (C=O) groups is 2. The zero-order valence-corrected chi connectivity index (χ0v) is 19.7. The molecule has 1 aromatic heterocycles. The first-order chi connectivity index (χ1) is 15.5. The Morgan fingerprint density at radius 2 is 1.94 bits per heavy atom. The maximum atomic E-state index is 12.6. The molecule has 0 spiro atoms. The number of ether oxygens (including phenoxy) is 1. The average Bonchev–Trinajstić information content (AvgIpc) is 3.60. The van der Waals surface area contributed by atoms with E-state index in [0.29, 0.717) is 37.5 Å². The highest BCUT2D eigenvalue weighted by Crippen LogP contribution is 2.32. The maximum absolute atomic E-state index is 12.6. The first-order valence-electron chi connectivity index (χ1n) is 12.4. The van der Waals surface area contributed by atoms with E-state index in [4.69, 9.17) is 4.74 Å². The Kier molecular flexibility index (Phi) is 7.84. The molecule has 1 aromatic rings. The molecule has 2 amide bonds. The summed E-state index contributed by atoms with van der Waals surface area (Å²) in [4.78, 5) is 29.8. The second kappa shape index (κ2) is 10.8. The van der Waals surface area contributed by atoms with E-state index >= 15 is 0 Å². The highest BCUT2D eigenvalue weighted by molar-refractivity contribution is 5.81. The van der Waals surface area contributed by atoms with Crippen molar-refractivity contribution in [2.45, 2.75) is 77.4 Å². The van der Waals surface area contributed by atoms with Gasteiger partial charge in [-0.3, -0.25) is 19.2 Å². The number of aryl methyl sites for hydroxylation is 3. The van der Waals surface area contributed by atoms with Gasteiger partial charge in [-0.1, -0.05) is 0 Å². The highest BCUT2D eigenvalue weighted by atomic mass is 16.5. The summed E-state index contributed by atoms with van der Waals surface area (Å²) in [5.74, 6) is 0.713. The van der Waals surface area contributed by atoms with Crippen molar-refractivity contribution in [2.24, 2.45) is 5.92 Å². The molecule has 1 saturated carbocycles. The van der Waals surface area contributed by atoms with Crippen LogP contribution < -0.4 is 5.32 Å². The monoisotopic (exact) mass is 445 g/mol. The van der Waals surface area contributed by atoms with Gasteiger partial charge in [0.25, 0.3) is 0 Å². The van der Waals surface area contributed by atoms with Crippen molar-refractivity contribution in [1.29, 1.82) is 0 Å². The Balaban J connectivity index is 1.29. The number of nitrogens with zero attached hydrogens (tertiary/aromatic N) is 4. The van der Waals surface area contributed by atoms with Crippen LogP contribution in [0.1, 0.15) is 56.3 Å². The third kappa shape index (κ3) is 6.10. The minimum Gasteiger partial charge on any atom is -0.381 e. The minimum absolute atomic E-state index is 0.0682. The van der Waals surface area contributed by atoms with Crippen LogP contribution in [0.3, 0.4) is 0 Å². The minimum atomic E-state index is 0.0682. The quantitative estimate of drug-likeness (QED) is 0.628. The number of carbonyl (C=O) groups excluding carboxylic acids is 2. The van der Waals surface area contributed by atoms with E-state index in [1.807, 2.05) is 24.6 Å². The second-order valence-corrected chi connectivity index (χ2v) is 9.69. The number of piperidine rings is 1. The molecule has 178 valence electrons. The molecule has 0 aromatic carbocycles. The van der Waals surface area contributed by atoms with Crippen molar-refractivity contribution in [2.75, 3.05) is 39.4 Å². The summed E-state index contributed by atoms with van der Waals surface area (Å²) in [6.07, 6.45) is 6.81. The molecule has 3 fully saturated rings. The molecule has 0 bridgehead atoms. The summed E-state index contributed by atoms with van der Waals surface area (Å²) in [6.45, 7) is 9.39. The van der Waals surface area contributed by atoms with E-state index in [1.165, 1.54) is 0 Å². The Morgan fingerprint density at radius 1 is 1.16 bits per heavy atom. The number of hydrogen-bond donors (Lipinski definition) is 1. The van der Waals surface area contributed by atoms with E-state index in [-0.39, 0.29) is 11.8 Å². The van der Waals surface area contributed by atoms with Gasteiger partial charge in [-0.15, -0.1) is 0 Å². The largest absolute Gasteiger partial charge is 0.381 e. The zero-order valence-electron chi connectivity index (χ0n) is 19.7. The third-order valence-electron chi connectivity index (χ3n) is 7.11. The lowest BCUT2D eigenvalue weighted by Crippen LogP contribution is -2.55. The van der Waals surface area contributed by atoms with Crippen LogP contribution in [0.4, 0.5) is 0 Å². The molecule has 3 heterocycles. The van der Waals surface area contributed by atoms with Crippen LogP contribution >= 0.6 is 0 Å². The molecular formula is C24H39N5O3. The lowest BCUT2D eigenvalue weighted by atomic mass is 9.98. The number of aromatic nitrogens is 2. The van der Waals surface area contributed by atoms with E-state index in [9.17, 15) is 9.59 Å². The van der Waals surface area contributed by atoms with Crippen molar-refractivity contribution in [3.8, 4) is 0 Å². The summed E-state index contributed by atoms with van der Waals surface area (Å²) in [7, 11) is 0. The normalized spacial score (nSPS) is 22.3. The molecule has 8 heteroatoms. The van der Waals surface area contributed by atoms with Crippen molar-refractivity contribution in [1.82, 2.24) is 24.9 Å². The predicted molar refractivity (Wildman–Crippen MR) is 122 cm³/mol. The maximum Gasteiger partial charge on any atom is 0.225 e. The fraction of sp³-hybridized carbons (Fsp3) is 0.792. The van der Waals surface area contributed by atoms with Crippen molar-refractivity contribution >= 4 is 11.8 Å². The Hall–Kier alpha value is -1.93. The fourth-order valence-corrected chi connectivity index (χ4v) is 5.22. The number of amides is 2. The molecule has 2 aliphatic heterocycles. The highest BCUT2D eigenvalue weighted by Gasteiger charge is 2.37. The molecule has 32 heavy (non-hydrogen) atoms. The van der Waals surface area contributed by atoms with Gasteiger partial charge in [0.1, 0.15) is 0 Å². The van der Waals surface area contributed by atoms with Gasteiger partial charge in [0, 0.05) is 76.1 Å². The molecule has 8 nitrogen and oxygen atoms in total. The molecule has 3 aliphatic rings. The molecule has 1 atom stereocenters. The van der Waals surface area contributed by atoms with E-state index in [0.717, 1.165) is 82.8 Å². The van der Waals surface area contributed by atoms with Gasteiger partial charge in [0.15, 0.2) is 0 Å². The van der Waals surface area contributed by atoms with Gasteiger partial charge in [-0.2, -0.15) is 5.10 Å². The van der Waals surface area contributed by atoms with Gasteiger partial charge in [0.05, 0.1) is 5.69 Å². The first kappa shape index (κ1) is 23.2. The number of hydrogen-bond acceptors (Lipinski definition) is 5. The molecule has 1 N–H and O–H groups in total. The SMILES string of the molecule is Cc1cc(C)n(CCC(=O)NCCN(C2CCOCC2)C2CCCN(C(=O)C3CC3)C2)n1. The van der Waals surface area contributed by atoms with Gasteiger partial charge < -0.3 is 15.0 Å². The van der Waals surface area contributed by atoms with Crippen molar-refractivity contribution < 1.29 is 14.3 Å². The lowest BCUT2D eigenvalue weighted by molar-refractivity contribution is -0.135. The number of rotatable bonds is 9. The summed E-state index contributed by atoms with van der Waals surface area (Å²) < 4.78 is 7.49.